The van der Waals surface area contributed by atoms with Gasteiger partial charge in [0.15, 0.2) is 0 Å². The van der Waals surface area contributed by atoms with Gasteiger partial charge in [-0.15, -0.1) is 0 Å². The van der Waals surface area contributed by atoms with Crippen LogP contribution < -0.4 is 10.6 Å². The molecule has 6 nitrogen and oxygen atoms in total. The molecule has 0 aromatic heterocycles. The molecule has 0 aromatic rings. The second-order valence-electron chi connectivity index (χ2n) is 5.98. The summed E-state index contributed by atoms with van der Waals surface area (Å²) in [6, 6.07) is -1.05. The Labute approximate surface area is 120 Å². The van der Waals surface area contributed by atoms with Crippen LogP contribution in [0.5, 0.6) is 0 Å². The maximum absolute atomic E-state index is 12.2. The van der Waals surface area contributed by atoms with Crippen LogP contribution in [0.25, 0.3) is 0 Å². The Morgan fingerprint density at radius 2 is 2.10 bits per heavy atom. The number of nitrogens with one attached hydrogen (secondary N) is 2. The highest BCUT2D eigenvalue weighted by Gasteiger charge is 2.27. The SMILES string of the molecule is CNCC1CCCN(C(=O)N[C@@H](CC(C)C)C(=O)O)C1. The molecule has 116 valence electrons. The van der Waals surface area contributed by atoms with Gasteiger partial charge in [0.1, 0.15) is 6.04 Å². The highest BCUT2D eigenvalue weighted by Crippen LogP contribution is 2.16. The van der Waals surface area contributed by atoms with Crippen LogP contribution in [-0.2, 0) is 4.79 Å². The molecule has 0 saturated carbocycles. The smallest absolute Gasteiger partial charge is 0.326 e. The summed E-state index contributed by atoms with van der Waals surface area (Å²) in [6.07, 6.45) is 2.54. The highest BCUT2D eigenvalue weighted by atomic mass is 16.4. The minimum absolute atomic E-state index is 0.231. The molecule has 1 aliphatic heterocycles. The molecule has 0 bridgehead atoms. The molecular formula is C14H27N3O3. The first kappa shape index (κ1) is 16.8. The van der Waals surface area contributed by atoms with Gasteiger partial charge < -0.3 is 20.6 Å². The van der Waals surface area contributed by atoms with Crippen LogP contribution in [0.4, 0.5) is 4.79 Å². The van der Waals surface area contributed by atoms with Crippen LogP contribution in [0.15, 0.2) is 0 Å². The number of amides is 2. The minimum Gasteiger partial charge on any atom is -0.480 e. The van der Waals surface area contributed by atoms with Gasteiger partial charge >= 0.3 is 12.0 Å². The third kappa shape index (κ3) is 5.36. The standard InChI is InChI=1S/C14H27N3O3/c1-10(2)7-12(13(18)19)16-14(20)17-6-4-5-11(9-17)8-15-3/h10-12,15H,4-9H2,1-3H3,(H,16,20)(H,18,19)/t11?,12-/m0/s1. The van der Waals surface area contributed by atoms with Gasteiger partial charge in [-0.1, -0.05) is 13.8 Å². The molecule has 1 heterocycles. The van der Waals surface area contributed by atoms with Crippen LogP contribution in [0.2, 0.25) is 0 Å². The third-order valence-corrected chi connectivity index (χ3v) is 3.60. The average Bonchev–Trinajstić information content (AvgIpc) is 2.38. The van der Waals surface area contributed by atoms with Crippen molar-refractivity contribution < 1.29 is 14.7 Å². The first-order valence-electron chi connectivity index (χ1n) is 7.36. The lowest BCUT2D eigenvalue weighted by molar-refractivity contribution is -0.139. The zero-order valence-electron chi connectivity index (χ0n) is 12.7. The number of hydrogen-bond acceptors (Lipinski definition) is 3. The lowest BCUT2D eigenvalue weighted by atomic mass is 9.98. The summed E-state index contributed by atoms with van der Waals surface area (Å²) in [7, 11) is 1.90. The van der Waals surface area contributed by atoms with Crippen LogP contribution in [0, 0.1) is 11.8 Å². The lowest BCUT2D eigenvalue weighted by Gasteiger charge is -2.33. The molecule has 1 rings (SSSR count). The van der Waals surface area contributed by atoms with Crippen molar-refractivity contribution in [3.63, 3.8) is 0 Å². The van der Waals surface area contributed by atoms with E-state index in [2.05, 4.69) is 10.6 Å². The van der Waals surface area contributed by atoms with Gasteiger partial charge in [-0.2, -0.15) is 0 Å². The first-order chi connectivity index (χ1) is 9.43. The predicted molar refractivity (Wildman–Crippen MR) is 77.6 cm³/mol. The maximum atomic E-state index is 12.2. The topological polar surface area (TPSA) is 81.7 Å². The van der Waals surface area contributed by atoms with Crippen molar-refractivity contribution in [1.29, 1.82) is 0 Å². The number of urea groups is 1. The van der Waals surface area contributed by atoms with Gasteiger partial charge in [0, 0.05) is 13.1 Å². The molecule has 6 heteroatoms. The summed E-state index contributed by atoms with van der Waals surface area (Å²) >= 11 is 0. The summed E-state index contributed by atoms with van der Waals surface area (Å²) in [4.78, 5) is 25.1. The number of nitrogens with zero attached hydrogens (tertiary/aromatic N) is 1. The van der Waals surface area contributed by atoms with E-state index in [1.807, 2.05) is 20.9 Å². The molecule has 3 N–H and O–H groups in total. The minimum atomic E-state index is -0.962. The Bertz CT molecular complexity index is 332. The molecule has 2 amide bonds. The number of likely N-dealkylation sites (tertiary alicyclic amines) is 1. The van der Waals surface area contributed by atoms with E-state index in [1.54, 1.807) is 4.90 Å². The van der Waals surface area contributed by atoms with Gasteiger partial charge in [-0.25, -0.2) is 9.59 Å². The van der Waals surface area contributed by atoms with Crippen molar-refractivity contribution in [3.8, 4) is 0 Å². The molecule has 0 spiro atoms. The first-order valence-corrected chi connectivity index (χ1v) is 7.36. The zero-order valence-corrected chi connectivity index (χ0v) is 12.7. The summed E-state index contributed by atoms with van der Waals surface area (Å²) in [6.45, 7) is 6.19. The van der Waals surface area contributed by atoms with E-state index < -0.39 is 12.0 Å². The fourth-order valence-electron chi connectivity index (χ4n) is 2.64. The average molecular weight is 285 g/mol. The van der Waals surface area contributed by atoms with Crippen molar-refractivity contribution in [3.05, 3.63) is 0 Å². The van der Waals surface area contributed by atoms with Crippen molar-refractivity contribution in [2.45, 2.75) is 39.2 Å². The van der Waals surface area contributed by atoms with Crippen LogP contribution in [0.1, 0.15) is 33.1 Å². The van der Waals surface area contributed by atoms with Crippen LogP contribution in [0.3, 0.4) is 0 Å². The monoisotopic (exact) mass is 285 g/mol. The highest BCUT2D eigenvalue weighted by molar-refractivity contribution is 5.82. The van der Waals surface area contributed by atoms with E-state index in [9.17, 15) is 9.59 Å². The van der Waals surface area contributed by atoms with Gasteiger partial charge in [-0.05, 0) is 44.7 Å². The molecule has 1 aliphatic rings. The number of aliphatic carboxylic acids is 1. The Hall–Kier alpha value is -1.30. The molecule has 1 fully saturated rings. The van der Waals surface area contributed by atoms with Gasteiger partial charge in [0.2, 0.25) is 0 Å². The van der Waals surface area contributed by atoms with E-state index in [-0.39, 0.29) is 11.9 Å². The second-order valence-corrected chi connectivity index (χ2v) is 5.98. The molecule has 0 radical (unpaired) electrons. The number of carbonyl (C=O) groups is 2. The summed E-state index contributed by atoms with van der Waals surface area (Å²) in [5, 5.41) is 14.9. The van der Waals surface area contributed by atoms with Crippen LogP contribution in [-0.4, -0.2) is 54.7 Å². The number of piperidine rings is 1. The zero-order chi connectivity index (χ0) is 15.1. The number of carbonyl (C=O) groups excluding carboxylic acids is 1. The van der Waals surface area contributed by atoms with E-state index in [0.29, 0.717) is 25.4 Å². The largest absolute Gasteiger partial charge is 0.480 e. The molecular weight excluding hydrogens is 258 g/mol. The van der Waals surface area contributed by atoms with Crippen molar-refractivity contribution >= 4 is 12.0 Å². The Morgan fingerprint density at radius 1 is 1.40 bits per heavy atom. The summed E-state index contributed by atoms with van der Waals surface area (Å²) in [5.41, 5.74) is 0. The molecule has 1 unspecified atom stereocenters. The fraction of sp³-hybridized carbons (Fsp3) is 0.857. The third-order valence-electron chi connectivity index (χ3n) is 3.60. The lowest BCUT2D eigenvalue weighted by Crippen LogP contribution is -2.51. The molecule has 2 atom stereocenters. The predicted octanol–water partition coefficient (Wildman–Crippen LogP) is 1.13. The number of rotatable bonds is 6. The normalized spacial score (nSPS) is 20.8. The molecule has 0 aromatic carbocycles. The fourth-order valence-corrected chi connectivity index (χ4v) is 2.64. The molecule has 1 saturated heterocycles. The van der Waals surface area contributed by atoms with Gasteiger partial charge in [-0.3, -0.25) is 0 Å². The van der Waals surface area contributed by atoms with Crippen LogP contribution >= 0.6 is 0 Å². The number of carboxylic acid groups (broad SMARTS) is 1. The number of carboxylic acids is 1. The van der Waals surface area contributed by atoms with Crippen molar-refractivity contribution in [2.24, 2.45) is 11.8 Å². The summed E-state index contributed by atoms with van der Waals surface area (Å²) in [5.74, 6) is -0.279. The quantitative estimate of drug-likeness (QED) is 0.683. The second kappa shape index (κ2) is 8.09. The van der Waals surface area contributed by atoms with Gasteiger partial charge in [0.05, 0.1) is 0 Å². The van der Waals surface area contributed by atoms with E-state index in [1.165, 1.54) is 0 Å². The Morgan fingerprint density at radius 3 is 2.65 bits per heavy atom. The van der Waals surface area contributed by atoms with E-state index >= 15 is 0 Å². The van der Waals surface area contributed by atoms with Gasteiger partial charge in [0.25, 0.3) is 0 Å². The molecule has 0 aliphatic carbocycles. The van der Waals surface area contributed by atoms with Crippen molar-refractivity contribution in [2.75, 3.05) is 26.7 Å². The summed E-state index contributed by atoms with van der Waals surface area (Å²) < 4.78 is 0. The Kier molecular flexibility index (Phi) is 6.78. The molecule has 20 heavy (non-hydrogen) atoms. The maximum Gasteiger partial charge on any atom is 0.326 e. The van der Waals surface area contributed by atoms with E-state index in [0.717, 1.165) is 19.4 Å². The van der Waals surface area contributed by atoms with E-state index in [4.69, 9.17) is 5.11 Å². The number of hydrogen-bond donors (Lipinski definition) is 3. The van der Waals surface area contributed by atoms with Crippen molar-refractivity contribution in [1.82, 2.24) is 15.5 Å². The Balaban J connectivity index is 2.53.